The Labute approximate surface area is 634 Å². The number of nitrogens with zero attached hydrogens (tertiary/aromatic N) is 2. The third kappa shape index (κ3) is 28.9. The van der Waals surface area contributed by atoms with Gasteiger partial charge in [0.15, 0.2) is 11.6 Å². The molecule has 0 saturated carbocycles. The summed E-state index contributed by atoms with van der Waals surface area (Å²) < 4.78 is 65.4. The van der Waals surface area contributed by atoms with E-state index in [9.17, 15) is 68.1 Å². The van der Waals surface area contributed by atoms with Crippen LogP contribution in [0.25, 0.3) is 10.9 Å². The highest BCUT2D eigenvalue weighted by Gasteiger charge is 2.45. The number of fused-ring (bicyclic) bond motifs is 5. The van der Waals surface area contributed by atoms with Crippen LogP contribution in [0.1, 0.15) is 96.6 Å². The van der Waals surface area contributed by atoms with Crippen molar-refractivity contribution in [3.63, 3.8) is 0 Å². The van der Waals surface area contributed by atoms with E-state index in [1.807, 2.05) is 0 Å². The fraction of sp³-hybridized carbons (Fsp3) is 0.718. The average molecular weight is 1570 g/mol. The number of imide groups is 1. The van der Waals surface area contributed by atoms with Crippen molar-refractivity contribution < 1.29 is 120 Å². The number of hydrogen-bond donors (Lipinski definition) is 11. The van der Waals surface area contributed by atoms with E-state index >= 15 is 9.00 Å². The highest BCUT2D eigenvalue weighted by atomic mass is 32.2. The lowest BCUT2D eigenvalue weighted by Crippen LogP contribution is -2.60. The molecule has 2 unspecified atom stereocenters. The molecular formula is C71H110N10O25S2. The second kappa shape index (κ2) is 47.8. The number of hydrogen-bond acceptors (Lipinski definition) is 26. The molecule has 108 heavy (non-hydrogen) atoms. The number of aromatic amines is 1. The molecule has 4 aliphatic heterocycles. The van der Waals surface area contributed by atoms with Crippen LogP contribution in [0.2, 0.25) is 0 Å². The van der Waals surface area contributed by atoms with E-state index in [0.29, 0.717) is 140 Å². The number of unbranched alkanes of at least 4 members (excludes halogenated alkanes) is 1. The number of carbonyl (C=O) groups excluding carboxylic acids is 12. The summed E-state index contributed by atoms with van der Waals surface area (Å²) in [5.41, 5.74) is 6.75. The number of ketones is 2. The molecule has 0 spiro atoms. The van der Waals surface area contributed by atoms with Crippen LogP contribution >= 0.6 is 11.8 Å². The fourth-order valence-corrected chi connectivity index (χ4v) is 15.0. The Morgan fingerprint density at radius 1 is 0.731 bits per heavy atom. The molecular weight excluding hydrogens is 1460 g/mol. The third-order valence-corrected chi connectivity index (χ3v) is 21.4. The number of thioether (sulfide) groups is 1. The number of primary amides is 1. The van der Waals surface area contributed by atoms with Gasteiger partial charge < -0.3 is 105 Å². The normalized spacial score (nSPS) is 23.3. The van der Waals surface area contributed by atoms with Gasteiger partial charge in [-0.2, -0.15) is 11.8 Å². The maximum atomic E-state index is 15.4. The van der Waals surface area contributed by atoms with Gasteiger partial charge in [0.05, 0.1) is 186 Å². The summed E-state index contributed by atoms with van der Waals surface area (Å²) >= 11 is 1.51. The van der Waals surface area contributed by atoms with E-state index in [1.165, 1.54) is 30.7 Å². The van der Waals surface area contributed by atoms with Crippen LogP contribution in [-0.2, 0) is 118 Å². The van der Waals surface area contributed by atoms with Crippen molar-refractivity contribution in [1.82, 2.24) is 46.7 Å². The first-order valence-corrected chi connectivity index (χ1v) is 39.3. The topological polar surface area (TPSA) is 486 Å². The van der Waals surface area contributed by atoms with E-state index in [0.717, 1.165) is 4.90 Å². The maximum absolute atomic E-state index is 15.4. The van der Waals surface area contributed by atoms with Gasteiger partial charge in [0.1, 0.15) is 28.9 Å². The van der Waals surface area contributed by atoms with E-state index < -0.39 is 181 Å². The van der Waals surface area contributed by atoms with Crippen LogP contribution in [0, 0.1) is 29.6 Å². The average Bonchev–Trinajstić information content (AvgIpc) is 1.61. The van der Waals surface area contributed by atoms with Crippen molar-refractivity contribution >= 4 is 104 Å². The third-order valence-electron chi connectivity index (χ3n) is 18.9. The number of H-pyrrole nitrogens is 1. The predicted octanol–water partition coefficient (Wildman–Crippen LogP) is -2.39. The number of nitrogens with one attached hydrogen (secondary N) is 7. The Hall–Kier alpha value is -7.14. The number of amides is 10. The summed E-state index contributed by atoms with van der Waals surface area (Å²) in [4.78, 5) is 170. The molecule has 2 saturated heterocycles. The summed E-state index contributed by atoms with van der Waals surface area (Å²) in [6.45, 7) is 10.1. The highest BCUT2D eigenvalue weighted by Crippen LogP contribution is 2.38. The molecule has 12 atom stereocenters. The predicted molar refractivity (Wildman–Crippen MR) is 390 cm³/mol. The lowest BCUT2D eigenvalue weighted by molar-refractivity contribution is -0.144. The minimum Gasteiger partial charge on any atom is -0.496 e. The lowest BCUT2D eigenvalue weighted by atomic mass is 9.85. The zero-order valence-corrected chi connectivity index (χ0v) is 64.0. The summed E-state index contributed by atoms with van der Waals surface area (Å²) in [5, 5.41) is 48.0. The second-order valence-electron chi connectivity index (χ2n) is 26.9. The molecule has 35 nitrogen and oxygen atoms in total. The molecule has 606 valence electrons. The smallest absolute Gasteiger partial charge is 0.246 e. The Bertz CT molecular complexity index is 3350. The Morgan fingerprint density at radius 3 is 1.91 bits per heavy atom. The van der Waals surface area contributed by atoms with E-state index in [-0.39, 0.29) is 85.6 Å². The van der Waals surface area contributed by atoms with Crippen molar-refractivity contribution in [2.45, 2.75) is 139 Å². The molecule has 2 fully saturated rings. The molecule has 37 heteroatoms. The van der Waals surface area contributed by atoms with Gasteiger partial charge in [0.2, 0.25) is 59.1 Å². The fourth-order valence-electron chi connectivity index (χ4n) is 12.6. The second-order valence-corrected chi connectivity index (χ2v) is 29.5. The van der Waals surface area contributed by atoms with Gasteiger partial charge in [-0.05, 0) is 48.6 Å². The first-order valence-electron chi connectivity index (χ1n) is 36.8. The van der Waals surface area contributed by atoms with Gasteiger partial charge in [-0.1, -0.05) is 34.1 Å². The van der Waals surface area contributed by atoms with Crippen molar-refractivity contribution in [3.05, 3.63) is 23.3 Å². The van der Waals surface area contributed by atoms with Crippen LogP contribution in [0.5, 0.6) is 5.75 Å². The van der Waals surface area contributed by atoms with Crippen LogP contribution in [-0.4, -0.2) is 305 Å². The first kappa shape index (κ1) is 89.8. The number of ether oxygens (including phenoxy) is 9. The number of Topliss-reactive ketones (excluding diaryl/α,β-unsaturated/α-hetero) is 2. The minimum atomic E-state index is -2.42. The number of aromatic nitrogens is 1. The lowest BCUT2D eigenvalue weighted by Gasteiger charge is -2.32. The van der Waals surface area contributed by atoms with Gasteiger partial charge in [-0.15, -0.1) is 0 Å². The summed E-state index contributed by atoms with van der Waals surface area (Å²) in [5.74, 6) is -12.8. The van der Waals surface area contributed by atoms with Crippen molar-refractivity contribution in [3.8, 4) is 5.75 Å². The van der Waals surface area contributed by atoms with E-state index in [4.69, 9.17) is 48.4 Å². The first-order chi connectivity index (χ1) is 51.9. The van der Waals surface area contributed by atoms with Gasteiger partial charge in [-0.3, -0.25) is 66.6 Å². The SMILES string of the molecule is CC[C@H](C)[C@@H]1CC(=O)CNC(=O)[C@H]2CC(=O)[C@H]([C@@H](C)[C@@H](O)CO)NC(=O)[C@@H]3C[C@@H](O)CN3C(=O)[C@H](CC(N)=O)NC(=O)[C@H](CS(=O)c3[nH]c4c(CSCCCCNC(=O)CCOCCOCCOCCOCCOCCOCCOCCOCCN5C(=O)CC(C)C5=O)c(OC)ccc4c3C2)NC(=O)CNC1=O. The molecule has 10 amide bonds. The molecule has 2 aromatic rings. The van der Waals surface area contributed by atoms with Crippen LogP contribution in [0.4, 0.5) is 0 Å². The molecule has 0 radical (unpaired) electrons. The maximum Gasteiger partial charge on any atom is 0.246 e. The Morgan fingerprint density at radius 2 is 1.33 bits per heavy atom. The number of nitrogens with two attached hydrogens (primary N) is 1. The Balaban J connectivity index is 1.01. The monoisotopic (exact) mass is 1570 g/mol. The zero-order chi connectivity index (χ0) is 78.7. The zero-order valence-electron chi connectivity index (χ0n) is 62.4. The number of carbonyl (C=O) groups is 12. The quantitative estimate of drug-likeness (QED) is 0.0244. The highest BCUT2D eigenvalue weighted by molar-refractivity contribution is 7.98. The number of likely N-dealkylation sites (tertiary alicyclic amines) is 1. The van der Waals surface area contributed by atoms with Gasteiger partial charge in [0, 0.05) is 85.6 Å². The van der Waals surface area contributed by atoms with Gasteiger partial charge in [-0.25, -0.2) is 0 Å². The van der Waals surface area contributed by atoms with Gasteiger partial charge in [0.25, 0.3) is 0 Å². The molecule has 6 rings (SSSR count). The van der Waals surface area contributed by atoms with Crippen molar-refractivity contribution in [2.24, 2.45) is 35.3 Å². The minimum absolute atomic E-state index is 0.0892. The standard InChI is InChI=1S/C71H110N10O25S2/c1-6-43(2)50-34-47(83)37-74-65(91)46-32-51-49-9-10-58(98-5)52(41-107-30-8-7-12-73-60(88)11-14-99-16-18-101-20-22-103-24-26-105-28-29-106-27-25-104-23-21-102-19-17-100-15-13-80-62(90)31-44(3)70(80)95)64(49)79-69(51)108(97)42-54(76-61(89)38-75-66(50)92)67(93)77-53(36-59(72)87)71(96)81-39-48(84)35-55(81)68(94)78-63(56(85)33-46)45(4)57(86)40-82/h9-10,43-46,48,50,53-55,57,63,79,82,84,86H,6-8,11-42H2,1-5H3,(H2,72,87)(H,73,88)(H,74,91)(H,75,92)(H,76,89)(H,77,93)(H,78,94)/t43-,44?,45-,46+,48+,50-,53-,54-,55-,57-,63-,108?/m0/s1. The molecule has 1 aromatic heterocycles. The molecule has 1 aromatic carbocycles. The molecule has 12 N–H and O–H groups in total. The van der Waals surface area contributed by atoms with E-state index in [2.05, 4.69) is 36.9 Å². The van der Waals surface area contributed by atoms with E-state index in [1.54, 1.807) is 32.9 Å². The summed E-state index contributed by atoms with van der Waals surface area (Å²) in [6, 6.07) is -3.68. The van der Waals surface area contributed by atoms with Crippen LogP contribution in [0.3, 0.4) is 0 Å². The Kier molecular flexibility index (Phi) is 39.7. The number of benzene rings is 1. The van der Waals surface area contributed by atoms with Crippen molar-refractivity contribution in [1.29, 1.82) is 0 Å². The number of rotatable bonds is 42. The van der Waals surface area contributed by atoms with Gasteiger partial charge >= 0.3 is 0 Å². The number of aliphatic hydroxyl groups is 3. The summed E-state index contributed by atoms with van der Waals surface area (Å²) in [7, 11) is -0.968. The number of aliphatic hydroxyl groups excluding tert-OH is 3. The molecule has 4 aliphatic rings. The largest absolute Gasteiger partial charge is 0.496 e. The molecule has 5 heterocycles. The van der Waals surface area contributed by atoms with Crippen LogP contribution < -0.4 is 42.4 Å². The summed E-state index contributed by atoms with van der Waals surface area (Å²) in [6.07, 6.45) is -3.74. The van der Waals surface area contributed by atoms with Crippen molar-refractivity contribution in [2.75, 3.05) is 164 Å². The number of methoxy groups -OCH3 is 1. The molecule has 0 aliphatic carbocycles. The van der Waals surface area contributed by atoms with Crippen LogP contribution in [0.15, 0.2) is 17.2 Å². The molecule has 2 bridgehead atoms.